The Bertz CT molecular complexity index is 1020. The van der Waals surface area contributed by atoms with Gasteiger partial charge < -0.3 is 10.0 Å². The van der Waals surface area contributed by atoms with Crippen LogP contribution in [0.25, 0.3) is 5.65 Å². The van der Waals surface area contributed by atoms with Crippen molar-refractivity contribution in [2.24, 2.45) is 0 Å². The Kier molecular flexibility index (Phi) is 3.51. The van der Waals surface area contributed by atoms with Crippen molar-refractivity contribution < 1.29 is 14.3 Å². The van der Waals surface area contributed by atoms with E-state index in [4.69, 9.17) is 0 Å². The van der Waals surface area contributed by atoms with E-state index in [9.17, 15) is 14.3 Å². The summed E-state index contributed by atoms with van der Waals surface area (Å²) in [5.41, 5.74) is -0.126. The Hall–Kier alpha value is -2.87. The van der Waals surface area contributed by atoms with Gasteiger partial charge in [-0.05, 0) is 25.0 Å². The fourth-order valence-electron chi connectivity index (χ4n) is 4.63. The Balaban J connectivity index is 1.47. The van der Waals surface area contributed by atoms with Crippen LogP contribution >= 0.6 is 0 Å². The second-order valence-corrected chi connectivity index (χ2v) is 7.33. The van der Waals surface area contributed by atoms with Gasteiger partial charge in [0.15, 0.2) is 5.65 Å². The van der Waals surface area contributed by atoms with Crippen LogP contribution in [0.1, 0.15) is 41.6 Å². The molecule has 2 aliphatic rings. The molecular weight excluding hydrogens is 349 g/mol. The van der Waals surface area contributed by atoms with Gasteiger partial charge in [-0.2, -0.15) is 9.49 Å². The quantitative estimate of drug-likeness (QED) is 0.700. The number of halogens is 1. The van der Waals surface area contributed by atoms with Crippen LogP contribution in [0.5, 0.6) is 0 Å². The fraction of sp³-hybridized carbons (Fsp3) is 0.368. The number of aliphatic hydroxyl groups is 1. The van der Waals surface area contributed by atoms with Gasteiger partial charge in [-0.1, -0.05) is 6.07 Å². The van der Waals surface area contributed by atoms with Gasteiger partial charge in [0.1, 0.15) is 5.56 Å². The third-order valence-corrected chi connectivity index (χ3v) is 5.77. The molecule has 27 heavy (non-hydrogen) atoms. The summed E-state index contributed by atoms with van der Waals surface area (Å²) in [5.74, 6) is -0.782. The number of amides is 1. The van der Waals surface area contributed by atoms with Gasteiger partial charge in [-0.15, -0.1) is 0 Å². The molecule has 0 spiro atoms. The van der Waals surface area contributed by atoms with Gasteiger partial charge in [0.2, 0.25) is 5.95 Å². The first-order valence-corrected chi connectivity index (χ1v) is 9.01. The maximum atomic E-state index is 14.2. The Morgan fingerprint density at radius 1 is 1.19 bits per heavy atom. The molecule has 0 aliphatic carbocycles. The fourth-order valence-corrected chi connectivity index (χ4v) is 4.63. The largest absolute Gasteiger partial charge is 0.385 e. The number of fused-ring (bicyclic) bond motifs is 3. The van der Waals surface area contributed by atoms with E-state index >= 15 is 0 Å². The van der Waals surface area contributed by atoms with Crippen LogP contribution in [-0.4, -0.2) is 47.6 Å². The lowest BCUT2D eigenvalue weighted by atomic mass is 9.81. The molecule has 8 heteroatoms. The highest BCUT2D eigenvalue weighted by atomic mass is 19.1. The third kappa shape index (κ3) is 2.43. The van der Waals surface area contributed by atoms with E-state index in [0.29, 0.717) is 24.1 Å². The minimum absolute atomic E-state index is 0.134. The van der Waals surface area contributed by atoms with Crippen LogP contribution in [0.3, 0.4) is 0 Å². The Morgan fingerprint density at radius 3 is 2.67 bits per heavy atom. The monoisotopic (exact) mass is 367 g/mol. The van der Waals surface area contributed by atoms with Crippen LogP contribution in [0.4, 0.5) is 4.39 Å². The highest BCUT2D eigenvalue weighted by molar-refractivity contribution is 6.00. The minimum atomic E-state index is -1.31. The zero-order chi connectivity index (χ0) is 18.6. The van der Waals surface area contributed by atoms with E-state index in [1.165, 1.54) is 12.4 Å². The smallest absolute Gasteiger partial charge is 0.259 e. The van der Waals surface area contributed by atoms with Crippen molar-refractivity contribution in [1.82, 2.24) is 24.5 Å². The second-order valence-electron chi connectivity index (χ2n) is 7.33. The topological polar surface area (TPSA) is 83.6 Å². The lowest BCUT2D eigenvalue weighted by Gasteiger charge is -2.43. The summed E-state index contributed by atoms with van der Waals surface area (Å²) in [5, 5.41) is 15.4. The molecule has 2 aliphatic heterocycles. The molecule has 5 rings (SSSR count). The van der Waals surface area contributed by atoms with E-state index in [1.807, 2.05) is 4.90 Å². The normalized spacial score (nSPS) is 27.3. The Labute approximate surface area is 154 Å². The molecule has 2 saturated heterocycles. The number of nitrogens with zero attached hydrogens (tertiary/aromatic N) is 5. The van der Waals surface area contributed by atoms with Gasteiger partial charge in [0.05, 0.1) is 11.8 Å². The first kappa shape index (κ1) is 16.3. The van der Waals surface area contributed by atoms with Crippen LogP contribution in [0, 0.1) is 5.95 Å². The van der Waals surface area contributed by atoms with E-state index in [2.05, 4.69) is 15.1 Å². The van der Waals surface area contributed by atoms with E-state index in [1.54, 1.807) is 35.1 Å². The van der Waals surface area contributed by atoms with Crippen LogP contribution in [-0.2, 0) is 5.60 Å². The number of pyridine rings is 1. The molecule has 7 nitrogen and oxygen atoms in total. The van der Waals surface area contributed by atoms with E-state index < -0.39 is 11.5 Å². The van der Waals surface area contributed by atoms with Crippen LogP contribution < -0.4 is 0 Å². The van der Waals surface area contributed by atoms with E-state index in [0.717, 1.165) is 12.8 Å². The van der Waals surface area contributed by atoms with Crippen molar-refractivity contribution in [1.29, 1.82) is 0 Å². The number of carbonyl (C=O) groups is 1. The summed E-state index contributed by atoms with van der Waals surface area (Å²) in [7, 11) is 0. The molecule has 138 valence electrons. The van der Waals surface area contributed by atoms with Gasteiger partial charge in [-0.3, -0.25) is 4.79 Å². The minimum Gasteiger partial charge on any atom is -0.385 e. The molecule has 2 bridgehead atoms. The zero-order valence-electron chi connectivity index (χ0n) is 14.5. The number of piperidine rings is 1. The highest BCUT2D eigenvalue weighted by Crippen LogP contribution is 2.46. The van der Waals surface area contributed by atoms with Crippen molar-refractivity contribution in [3.8, 4) is 0 Å². The SMILES string of the molecule is O=C(c1cnn2cccnc12)N1C2CCC1CC(O)(c1cccnc1F)C2. The maximum absolute atomic E-state index is 14.2. The molecule has 0 radical (unpaired) electrons. The van der Waals surface area contributed by atoms with Gasteiger partial charge >= 0.3 is 0 Å². The Morgan fingerprint density at radius 2 is 1.93 bits per heavy atom. The van der Waals surface area contributed by atoms with Crippen molar-refractivity contribution in [2.75, 3.05) is 0 Å². The van der Waals surface area contributed by atoms with Crippen molar-refractivity contribution in [3.05, 3.63) is 60.1 Å². The van der Waals surface area contributed by atoms with Crippen LogP contribution in [0.2, 0.25) is 0 Å². The molecule has 3 aromatic heterocycles. The van der Waals surface area contributed by atoms with E-state index in [-0.39, 0.29) is 23.6 Å². The molecule has 3 aromatic rings. The van der Waals surface area contributed by atoms with Crippen molar-refractivity contribution in [2.45, 2.75) is 43.4 Å². The predicted octanol–water partition coefficient (Wildman–Crippen LogP) is 1.92. The summed E-state index contributed by atoms with van der Waals surface area (Å²) >= 11 is 0. The molecule has 1 amide bonds. The van der Waals surface area contributed by atoms with Crippen LogP contribution in [0.15, 0.2) is 43.0 Å². The first-order valence-electron chi connectivity index (χ1n) is 9.01. The summed E-state index contributed by atoms with van der Waals surface area (Å²) in [6.07, 6.45) is 8.44. The summed E-state index contributed by atoms with van der Waals surface area (Å²) in [4.78, 5) is 23.0. The molecule has 5 heterocycles. The molecule has 2 fully saturated rings. The number of rotatable bonds is 2. The second kappa shape index (κ2) is 5.82. The molecule has 2 atom stereocenters. The lowest BCUT2D eigenvalue weighted by Crippen LogP contribution is -2.52. The number of hydrogen-bond acceptors (Lipinski definition) is 5. The molecule has 2 unspecified atom stereocenters. The molecular formula is C19H18FN5O2. The van der Waals surface area contributed by atoms with Gasteiger partial charge in [0, 0.05) is 49.1 Å². The summed E-state index contributed by atoms with van der Waals surface area (Å²) < 4.78 is 15.7. The lowest BCUT2D eigenvalue weighted by molar-refractivity contribution is -0.0504. The molecule has 1 N–H and O–H groups in total. The average Bonchev–Trinajstić information content (AvgIpc) is 3.21. The number of hydrogen-bond donors (Lipinski definition) is 1. The van der Waals surface area contributed by atoms with Gasteiger partial charge in [0.25, 0.3) is 5.91 Å². The zero-order valence-corrected chi connectivity index (χ0v) is 14.5. The first-order chi connectivity index (χ1) is 13.1. The summed E-state index contributed by atoms with van der Waals surface area (Å²) in [6, 6.07) is 4.65. The maximum Gasteiger partial charge on any atom is 0.259 e. The average molecular weight is 367 g/mol. The van der Waals surface area contributed by atoms with Crippen molar-refractivity contribution in [3.63, 3.8) is 0 Å². The van der Waals surface area contributed by atoms with Crippen molar-refractivity contribution >= 4 is 11.6 Å². The number of carbonyl (C=O) groups excluding carboxylic acids is 1. The predicted molar refractivity (Wildman–Crippen MR) is 93.3 cm³/mol. The van der Waals surface area contributed by atoms with Gasteiger partial charge in [-0.25, -0.2) is 14.5 Å². The standard InChI is InChI=1S/C19H18FN5O2/c20-16-15(3-1-6-21-16)19(27)9-12-4-5-13(10-19)25(12)18(26)14-11-23-24-8-2-7-22-17(14)24/h1-3,6-8,11-13,27H,4-5,9-10H2. The molecule has 0 saturated carbocycles. The molecule has 0 aromatic carbocycles. The summed E-state index contributed by atoms with van der Waals surface area (Å²) in [6.45, 7) is 0. The third-order valence-electron chi connectivity index (χ3n) is 5.77. The number of aromatic nitrogens is 4. The highest BCUT2D eigenvalue weighted by Gasteiger charge is 2.51.